The Hall–Kier alpha value is -2.45. The molecule has 0 unspecified atom stereocenters. The molecule has 0 radical (unpaired) electrons. The van der Waals surface area contributed by atoms with Crippen LogP contribution < -0.4 is 4.74 Å². The summed E-state index contributed by atoms with van der Waals surface area (Å²) < 4.78 is 5.59. The highest BCUT2D eigenvalue weighted by molar-refractivity contribution is 5.41. The van der Waals surface area contributed by atoms with Gasteiger partial charge in [-0.05, 0) is 35.4 Å². The molecule has 2 aromatic carbocycles. The van der Waals surface area contributed by atoms with Crippen LogP contribution in [0.5, 0.6) is 5.75 Å². The standard InChI is InChI=1S/C13H11N3O/c14-16-15-12-6-8-13(9-7-12)17-10-11-4-2-1-3-5-11/h1-9H,10H2. The molecule has 2 aromatic rings. The van der Waals surface area contributed by atoms with Crippen LogP contribution in [0.4, 0.5) is 5.69 Å². The van der Waals surface area contributed by atoms with Gasteiger partial charge in [-0.25, -0.2) is 0 Å². The van der Waals surface area contributed by atoms with Crippen LogP contribution >= 0.6 is 0 Å². The third kappa shape index (κ3) is 3.26. The van der Waals surface area contributed by atoms with E-state index in [-0.39, 0.29) is 0 Å². The van der Waals surface area contributed by atoms with Crippen molar-refractivity contribution >= 4 is 5.69 Å². The van der Waals surface area contributed by atoms with Crippen LogP contribution in [0.1, 0.15) is 5.56 Å². The van der Waals surface area contributed by atoms with Crippen molar-refractivity contribution in [1.29, 1.82) is 0 Å². The van der Waals surface area contributed by atoms with Crippen molar-refractivity contribution in [2.45, 2.75) is 6.61 Å². The molecule has 0 saturated heterocycles. The summed E-state index contributed by atoms with van der Waals surface area (Å²) in [5.41, 5.74) is 9.97. The van der Waals surface area contributed by atoms with E-state index in [9.17, 15) is 0 Å². The molecule has 2 rings (SSSR count). The molecule has 4 heteroatoms. The van der Waals surface area contributed by atoms with Gasteiger partial charge in [0.2, 0.25) is 0 Å². The highest BCUT2D eigenvalue weighted by Crippen LogP contribution is 2.19. The fourth-order valence-electron chi connectivity index (χ4n) is 1.40. The fourth-order valence-corrected chi connectivity index (χ4v) is 1.40. The SMILES string of the molecule is [N-]=[N+]=Nc1ccc(OCc2ccccc2)cc1. The molecule has 0 atom stereocenters. The summed E-state index contributed by atoms with van der Waals surface area (Å²) in [5, 5.41) is 3.49. The van der Waals surface area contributed by atoms with Crippen LogP contribution in [-0.2, 0) is 6.61 Å². The smallest absolute Gasteiger partial charge is 0.119 e. The van der Waals surface area contributed by atoms with Gasteiger partial charge < -0.3 is 4.74 Å². The molecule has 0 N–H and O–H groups in total. The maximum Gasteiger partial charge on any atom is 0.119 e. The molecule has 0 heterocycles. The molecular weight excluding hydrogens is 214 g/mol. The van der Waals surface area contributed by atoms with Gasteiger partial charge in [-0.2, -0.15) is 0 Å². The summed E-state index contributed by atoms with van der Waals surface area (Å²) in [6.45, 7) is 0.529. The van der Waals surface area contributed by atoms with Crippen molar-refractivity contribution in [2.24, 2.45) is 5.11 Å². The second kappa shape index (κ2) is 5.58. The molecule has 0 spiro atoms. The third-order valence-electron chi connectivity index (χ3n) is 2.25. The Morgan fingerprint density at radius 2 is 1.71 bits per heavy atom. The van der Waals surface area contributed by atoms with Gasteiger partial charge in [0.25, 0.3) is 0 Å². The average Bonchev–Trinajstić information content (AvgIpc) is 2.40. The van der Waals surface area contributed by atoms with Crippen LogP contribution in [0.3, 0.4) is 0 Å². The lowest BCUT2D eigenvalue weighted by Gasteiger charge is -2.05. The second-order valence-electron chi connectivity index (χ2n) is 3.46. The molecule has 0 aromatic heterocycles. The fraction of sp³-hybridized carbons (Fsp3) is 0.0769. The number of azide groups is 1. The van der Waals surface area contributed by atoms with Gasteiger partial charge in [-0.3, -0.25) is 0 Å². The monoisotopic (exact) mass is 225 g/mol. The predicted molar refractivity (Wildman–Crippen MR) is 66.0 cm³/mol. The van der Waals surface area contributed by atoms with E-state index in [0.29, 0.717) is 12.3 Å². The van der Waals surface area contributed by atoms with E-state index in [0.717, 1.165) is 11.3 Å². The van der Waals surface area contributed by atoms with E-state index in [1.165, 1.54) is 0 Å². The Labute approximate surface area is 99.1 Å². The van der Waals surface area contributed by atoms with E-state index in [4.69, 9.17) is 10.3 Å². The topological polar surface area (TPSA) is 58.0 Å². The first-order valence-corrected chi connectivity index (χ1v) is 5.20. The van der Waals surface area contributed by atoms with Gasteiger partial charge >= 0.3 is 0 Å². The molecule has 0 aliphatic heterocycles. The number of hydrogen-bond donors (Lipinski definition) is 0. The maximum atomic E-state index is 8.27. The minimum atomic E-state index is 0.529. The molecule has 4 nitrogen and oxygen atoms in total. The molecule has 0 saturated carbocycles. The van der Waals surface area contributed by atoms with Gasteiger partial charge in [0.05, 0.1) is 0 Å². The molecule has 84 valence electrons. The highest BCUT2D eigenvalue weighted by Gasteiger charge is 1.95. The molecule has 0 aliphatic rings. The van der Waals surface area contributed by atoms with Gasteiger partial charge in [0, 0.05) is 10.6 Å². The van der Waals surface area contributed by atoms with Crippen molar-refractivity contribution in [3.8, 4) is 5.75 Å². The zero-order chi connectivity index (χ0) is 11.9. The summed E-state index contributed by atoms with van der Waals surface area (Å²) >= 11 is 0. The quantitative estimate of drug-likeness (QED) is 0.437. The molecule has 0 fully saturated rings. The molecule has 0 aliphatic carbocycles. The summed E-state index contributed by atoms with van der Waals surface area (Å²) in [4.78, 5) is 2.71. The Morgan fingerprint density at radius 1 is 1.00 bits per heavy atom. The number of hydrogen-bond acceptors (Lipinski definition) is 2. The number of benzene rings is 2. The first-order chi connectivity index (χ1) is 8.38. The van der Waals surface area contributed by atoms with Crippen LogP contribution in [0, 0.1) is 0 Å². The molecule has 0 amide bonds. The van der Waals surface area contributed by atoms with Crippen LogP contribution in [0.25, 0.3) is 10.4 Å². The largest absolute Gasteiger partial charge is 0.489 e. The molecule has 17 heavy (non-hydrogen) atoms. The van der Waals surface area contributed by atoms with Gasteiger partial charge in [0.1, 0.15) is 12.4 Å². The Bertz CT molecular complexity index is 516. The molecule has 0 bridgehead atoms. The maximum absolute atomic E-state index is 8.27. The van der Waals surface area contributed by atoms with Gasteiger partial charge in [0.15, 0.2) is 0 Å². The first-order valence-electron chi connectivity index (χ1n) is 5.20. The van der Waals surface area contributed by atoms with Crippen molar-refractivity contribution in [3.63, 3.8) is 0 Å². The molecular formula is C13H11N3O. The Morgan fingerprint density at radius 3 is 2.35 bits per heavy atom. The number of rotatable bonds is 4. The van der Waals surface area contributed by atoms with Crippen molar-refractivity contribution < 1.29 is 4.74 Å². The Kier molecular flexibility index (Phi) is 3.63. The summed E-state index contributed by atoms with van der Waals surface area (Å²) in [6.07, 6.45) is 0. The van der Waals surface area contributed by atoms with Crippen LogP contribution in [-0.4, -0.2) is 0 Å². The number of nitrogens with zero attached hydrogens (tertiary/aromatic N) is 3. The minimum Gasteiger partial charge on any atom is -0.489 e. The summed E-state index contributed by atoms with van der Waals surface area (Å²) in [6, 6.07) is 17.0. The normalized spacial score (nSPS) is 9.41. The summed E-state index contributed by atoms with van der Waals surface area (Å²) in [5.74, 6) is 0.755. The Balaban J connectivity index is 1.98. The lowest BCUT2D eigenvalue weighted by molar-refractivity contribution is 0.306. The van der Waals surface area contributed by atoms with E-state index in [1.807, 2.05) is 30.3 Å². The lowest BCUT2D eigenvalue weighted by atomic mass is 10.2. The van der Waals surface area contributed by atoms with Crippen LogP contribution in [0.2, 0.25) is 0 Å². The van der Waals surface area contributed by atoms with Crippen LogP contribution in [0.15, 0.2) is 59.7 Å². The minimum absolute atomic E-state index is 0.529. The second-order valence-corrected chi connectivity index (χ2v) is 3.46. The third-order valence-corrected chi connectivity index (χ3v) is 2.25. The lowest BCUT2D eigenvalue weighted by Crippen LogP contribution is -1.94. The van der Waals surface area contributed by atoms with E-state index in [2.05, 4.69) is 10.0 Å². The number of ether oxygens (including phenoxy) is 1. The zero-order valence-electron chi connectivity index (χ0n) is 9.15. The zero-order valence-corrected chi connectivity index (χ0v) is 9.15. The van der Waals surface area contributed by atoms with Gasteiger partial charge in [-0.15, -0.1) is 0 Å². The van der Waals surface area contributed by atoms with Crippen molar-refractivity contribution in [1.82, 2.24) is 0 Å². The first kappa shape index (κ1) is 11.0. The van der Waals surface area contributed by atoms with Gasteiger partial charge in [-0.1, -0.05) is 35.4 Å². The van der Waals surface area contributed by atoms with E-state index in [1.54, 1.807) is 24.3 Å². The van der Waals surface area contributed by atoms with E-state index < -0.39 is 0 Å². The van der Waals surface area contributed by atoms with E-state index >= 15 is 0 Å². The highest BCUT2D eigenvalue weighted by atomic mass is 16.5. The predicted octanol–water partition coefficient (Wildman–Crippen LogP) is 4.21. The average molecular weight is 225 g/mol. The summed E-state index contributed by atoms with van der Waals surface area (Å²) in [7, 11) is 0. The van der Waals surface area contributed by atoms with Crippen molar-refractivity contribution in [3.05, 3.63) is 70.6 Å². The van der Waals surface area contributed by atoms with Crippen molar-refractivity contribution in [2.75, 3.05) is 0 Å².